The summed E-state index contributed by atoms with van der Waals surface area (Å²) in [5.74, 6) is -0.858. The lowest BCUT2D eigenvalue weighted by Crippen LogP contribution is -2.43. The molecule has 0 aliphatic carbocycles. The number of para-hydroxylation sites is 1. The molecule has 0 fully saturated rings. The van der Waals surface area contributed by atoms with Crippen LogP contribution in [0.5, 0.6) is 0 Å². The Kier molecular flexibility index (Phi) is 3.21. The Labute approximate surface area is 157 Å². The highest BCUT2D eigenvalue weighted by Gasteiger charge is 2.54. The maximum atomic E-state index is 13.9. The Hall–Kier alpha value is -3.19. The van der Waals surface area contributed by atoms with Gasteiger partial charge in [-0.25, -0.2) is 9.07 Å². The number of hydrogen-bond acceptors (Lipinski definition) is 3. The van der Waals surface area contributed by atoms with Crippen molar-refractivity contribution in [1.29, 1.82) is 0 Å². The summed E-state index contributed by atoms with van der Waals surface area (Å²) in [4.78, 5) is 25.5. The predicted octanol–water partition coefficient (Wildman–Crippen LogP) is 3.25. The largest absolute Gasteiger partial charge is 0.325 e. The van der Waals surface area contributed by atoms with Gasteiger partial charge in [-0.15, -0.1) is 0 Å². The van der Waals surface area contributed by atoms with Gasteiger partial charge in [-0.3, -0.25) is 9.59 Å². The van der Waals surface area contributed by atoms with Crippen LogP contribution in [0.1, 0.15) is 17.5 Å². The number of aromatic nitrogens is 2. The minimum atomic E-state index is -1.32. The molecule has 2 aliphatic heterocycles. The Morgan fingerprint density at radius 1 is 1.11 bits per heavy atom. The molecule has 1 spiro atoms. The Bertz CT molecular complexity index is 1140. The molecule has 0 bridgehead atoms. The predicted molar refractivity (Wildman–Crippen MR) is 97.6 cm³/mol. The molecule has 0 saturated carbocycles. The van der Waals surface area contributed by atoms with E-state index in [1.807, 2.05) is 0 Å². The fourth-order valence-electron chi connectivity index (χ4n) is 3.87. The maximum absolute atomic E-state index is 13.9. The molecule has 2 aromatic carbocycles. The van der Waals surface area contributed by atoms with Crippen molar-refractivity contribution in [3.8, 4) is 5.69 Å². The summed E-state index contributed by atoms with van der Waals surface area (Å²) in [7, 11) is 0. The molecule has 0 radical (unpaired) electrons. The molecule has 2 N–H and O–H groups in total. The van der Waals surface area contributed by atoms with Gasteiger partial charge in [-0.2, -0.15) is 5.10 Å². The van der Waals surface area contributed by atoms with Crippen molar-refractivity contribution in [3.63, 3.8) is 0 Å². The lowest BCUT2D eigenvalue weighted by Gasteiger charge is -2.31. The summed E-state index contributed by atoms with van der Waals surface area (Å²) in [6, 6.07) is 11.1. The molecule has 1 aromatic heterocycles. The zero-order valence-electron chi connectivity index (χ0n) is 13.8. The minimum absolute atomic E-state index is 0.128. The molecule has 2 amide bonds. The number of hydrogen-bond donors (Lipinski definition) is 2. The molecule has 5 rings (SSSR count). The number of carbonyl (C=O) groups is 2. The van der Waals surface area contributed by atoms with Gasteiger partial charge < -0.3 is 10.6 Å². The zero-order valence-corrected chi connectivity index (χ0v) is 14.5. The average Bonchev–Trinajstić information content (AvgIpc) is 3.16. The van der Waals surface area contributed by atoms with Gasteiger partial charge in [0.25, 0.3) is 0 Å². The van der Waals surface area contributed by atoms with Gasteiger partial charge in [0.05, 0.1) is 16.9 Å². The summed E-state index contributed by atoms with van der Waals surface area (Å²) in [6.45, 7) is 0. The fourth-order valence-corrected chi connectivity index (χ4v) is 4.09. The number of fused-ring (bicyclic) bond motifs is 4. The molecule has 134 valence electrons. The first kappa shape index (κ1) is 16.0. The minimum Gasteiger partial charge on any atom is -0.325 e. The highest BCUT2D eigenvalue weighted by atomic mass is 35.5. The van der Waals surface area contributed by atoms with Crippen molar-refractivity contribution in [2.24, 2.45) is 0 Å². The van der Waals surface area contributed by atoms with E-state index >= 15 is 0 Å². The number of nitrogens with zero attached hydrogens (tertiary/aromatic N) is 2. The third-order valence-corrected chi connectivity index (χ3v) is 5.39. The van der Waals surface area contributed by atoms with Crippen LogP contribution in [0, 0.1) is 5.82 Å². The van der Waals surface area contributed by atoms with Crippen molar-refractivity contribution in [1.82, 2.24) is 9.78 Å². The molecule has 1 unspecified atom stereocenters. The van der Waals surface area contributed by atoms with Crippen molar-refractivity contribution < 1.29 is 14.0 Å². The Morgan fingerprint density at radius 3 is 2.74 bits per heavy atom. The highest BCUT2D eigenvalue weighted by Crippen LogP contribution is 2.50. The van der Waals surface area contributed by atoms with E-state index in [9.17, 15) is 14.0 Å². The molecule has 0 saturated heterocycles. The van der Waals surface area contributed by atoms with Gasteiger partial charge in [0, 0.05) is 17.7 Å². The second-order valence-corrected chi connectivity index (χ2v) is 6.95. The van der Waals surface area contributed by atoms with E-state index in [4.69, 9.17) is 11.6 Å². The van der Waals surface area contributed by atoms with Crippen molar-refractivity contribution >= 4 is 34.9 Å². The standard InChI is InChI=1S/C19H12ClFN4O2/c20-13-3-1-2-4-15(13)25-17-12(9-22-25)19(8-16(26)24-17)11-7-10(21)5-6-14(11)23-18(19)27/h1-7,9H,8H2,(H,23,27)(H,24,26). The molecule has 3 aromatic rings. The van der Waals surface area contributed by atoms with Gasteiger partial charge >= 0.3 is 0 Å². The number of rotatable bonds is 1. The highest BCUT2D eigenvalue weighted by molar-refractivity contribution is 6.32. The second kappa shape index (κ2) is 5.40. The van der Waals surface area contributed by atoms with Gasteiger partial charge in [0.15, 0.2) is 0 Å². The fraction of sp³-hybridized carbons (Fsp3) is 0.105. The molecular weight excluding hydrogens is 371 g/mol. The summed E-state index contributed by atoms with van der Waals surface area (Å²) in [5.41, 5.74) is 0.670. The van der Waals surface area contributed by atoms with Crippen LogP contribution in [0.25, 0.3) is 5.69 Å². The van der Waals surface area contributed by atoms with Crippen molar-refractivity contribution in [2.45, 2.75) is 11.8 Å². The van der Waals surface area contributed by atoms with Crippen LogP contribution in [0.15, 0.2) is 48.7 Å². The molecule has 3 heterocycles. The number of halogens is 2. The zero-order chi connectivity index (χ0) is 18.8. The quantitative estimate of drug-likeness (QED) is 0.678. The SMILES string of the molecule is O=C1CC2(C(=O)Nc3ccc(F)cc32)c2cnn(-c3ccccc3Cl)c2N1. The van der Waals surface area contributed by atoms with Gasteiger partial charge in [-0.05, 0) is 35.9 Å². The third-order valence-electron chi connectivity index (χ3n) is 5.07. The van der Waals surface area contributed by atoms with Gasteiger partial charge in [-0.1, -0.05) is 23.7 Å². The first-order valence-electron chi connectivity index (χ1n) is 8.25. The van der Waals surface area contributed by atoms with Crippen LogP contribution in [-0.2, 0) is 15.0 Å². The van der Waals surface area contributed by atoms with E-state index in [1.54, 1.807) is 24.3 Å². The van der Waals surface area contributed by atoms with E-state index in [0.717, 1.165) is 0 Å². The van der Waals surface area contributed by atoms with Crippen LogP contribution in [-0.4, -0.2) is 21.6 Å². The van der Waals surface area contributed by atoms with E-state index in [-0.39, 0.29) is 18.2 Å². The van der Waals surface area contributed by atoms with Crippen LogP contribution >= 0.6 is 11.6 Å². The Morgan fingerprint density at radius 2 is 1.93 bits per heavy atom. The Balaban J connectivity index is 1.79. The number of benzene rings is 2. The van der Waals surface area contributed by atoms with E-state index in [1.165, 1.54) is 29.1 Å². The monoisotopic (exact) mass is 382 g/mol. The third kappa shape index (κ3) is 2.09. The summed E-state index contributed by atoms with van der Waals surface area (Å²) >= 11 is 6.27. The van der Waals surface area contributed by atoms with Gasteiger partial charge in [0.1, 0.15) is 17.1 Å². The van der Waals surface area contributed by atoms with E-state index in [0.29, 0.717) is 33.3 Å². The average molecular weight is 383 g/mol. The van der Waals surface area contributed by atoms with Gasteiger partial charge in [0.2, 0.25) is 11.8 Å². The van der Waals surface area contributed by atoms with Crippen LogP contribution < -0.4 is 10.6 Å². The maximum Gasteiger partial charge on any atom is 0.240 e. The van der Waals surface area contributed by atoms with Crippen LogP contribution in [0.3, 0.4) is 0 Å². The topological polar surface area (TPSA) is 76.0 Å². The van der Waals surface area contributed by atoms with Crippen LogP contribution in [0.4, 0.5) is 15.9 Å². The van der Waals surface area contributed by atoms with Crippen LogP contribution in [0.2, 0.25) is 5.02 Å². The number of carbonyl (C=O) groups excluding carboxylic acids is 2. The molecular formula is C19H12ClFN4O2. The number of amides is 2. The first-order chi connectivity index (χ1) is 13.0. The first-order valence-corrected chi connectivity index (χ1v) is 8.63. The normalized spacial score (nSPS) is 20.2. The van der Waals surface area contributed by atoms with Crippen molar-refractivity contribution in [3.05, 3.63) is 70.6 Å². The van der Waals surface area contributed by atoms with Crippen molar-refractivity contribution in [2.75, 3.05) is 10.6 Å². The molecule has 8 heteroatoms. The second-order valence-electron chi connectivity index (χ2n) is 6.54. The summed E-state index contributed by atoms with van der Waals surface area (Å²) in [5, 5.41) is 10.3. The molecule has 6 nitrogen and oxygen atoms in total. The lowest BCUT2D eigenvalue weighted by atomic mass is 9.72. The number of nitrogens with one attached hydrogen (secondary N) is 2. The lowest BCUT2D eigenvalue weighted by molar-refractivity contribution is -0.125. The number of anilines is 2. The molecule has 1 atom stereocenters. The summed E-state index contributed by atoms with van der Waals surface area (Å²) in [6.07, 6.45) is 1.40. The molecule has 2 aliphatic rings. The summed E-state index contributed by atoms with van der Waals surface area (Å²) < 4.78 is 15.4. The molecule has 27 heavy (non-hydrogen) atoms. The van der Waals surface area contributed by atoms with E-state index in [2.05, 4.69) is 15.7 Å². The van der Waals surface area contributed by atoms with E-state index < -0.39 is 11.2 Å². The smallest absolute Gasteiger partial charge is 0.240 e.